The van der Waals surface area contributed by atoms with E-state index in [1.165, 1.54) is 13.2 Å². The fourth-order valence-electron chi connectivity index (χ4n) is 1.20. The summed E-state index contributed by atoms with van der Waals surface area (Å²) in [6.07, 6.45) is 1.37. The summed E-state index contributed by atoms with van der Waals surface area (Å²) in [4.78, 5) is 21.4. The van der Waals surface area contributed by atoms with Crippen molar-refractivity contribution in [1.82, 2.24) is 4.31 Å². The van der Waals surface area contributed by atoms with E-state index in [1.54, 1.807) is 0 Å². The number of hydrogen-bond donors (Lipinski definition) is 1. The molecule has 0 unspecified atom stereocenters. The average molecular weight is 279 g/mol. The molecule has 8 heteroatoms. The van der Waals surface area contributed by atoms with Gasteiger partial charge < -0.3 is 9.84 Å². The number of esters is 1. The van der Waals surface area contributed by atoms with Gasteiger partial charge in [-0.1, -0.05) is 6.08 Å². The van der Waals surface area contributed by atoms with E-state index in [4.69, 9.17) is 5.11 Å². The predicted octanol–water partition coefficient (Wildman–Crippen LogP) is -0.158. The zero-order valence-corrected chi connectivity index (χ0v) is 11.0. The van der Waals surface area contributed by atoms with E-state index in [0.29, 0.717) is 0 Å². The molecular formula is C10H17NO6S. The number of rotatable bonds is 9. The summed E-state index contributed by atoms with van der Waals surface area (Å²) in [7, 11) is -2.50. The number of nitrogens with zero attached hydrogens (tertiary/aromatic N) is 1. The Kier molecular flexibility index (Phi) is 7.21. The van der Waals surface area contributed by atoms with Crippen molar-refractivity contribution < 1.29 is 27.9 Å². The molecule has 1 N–H and O–H groups in total. The lowest BCUT2D eigenvalue weighted by atomic mass is 10.3. The molecule has 0 rings (SSSR count). The quantitative estimate of drug-likeness (QED) is 0.465. The minimum absolute atomic E-state index is 0.0231. The third kappa shape index (κ3) is 6.36. The minimum atomic E-state index is -3.71. The van der Waals surface area contributed by atoms with E-state index in [-0.39, 0.29) is 25.1 Å². The number of ether oxygens (including phenoxy) is 1. The standard InChI is InChI=1S/C10H17NO6S/c1-3-6-11(8-9(12)13)18(15,16)7-4-5-10(14)17-2/h3H,1,4-8H2,2H3,(H,12,13). The maximum absolute atomic E-state index is 11.8. The monoisotopic (exact) mass is 279 g/mol. The van der Waals surface area contributed by atoms with Gasteiger partial charge in [0.05, 0.1) is 12.9 Å². The van der Waals surface area contributed by atoms with Crippen LogP contribution in [0.3, 0.4) is 0 Å². The highest BCUT2D eigenvalue weighted by molar-refractivity contribution is 7.89. The number of carboxylic acid groups (broad SMARTS) is 1. The molecule has 0 fully saturated rings. The Labute approximate surface area is 106 Å². The van der Waals surface area contributed by atoms with E-state index in [1.807, 2.05) is 0 Å². The van der Waals surface area contributed by atoms with Crippen molar-refractivity contribution in [3.63, 3.8) is 0 Å². The molecule has 18 heavy (non-hydrogen) atoms. The minimum Gasteiger partial charge on any atom is -0.480 e. The lowest BCUT2D eigenvalue weighted by molar-refractivity contribution is -0.140. The van der Waals surface area contributed by atoms with Gasteiger partial charge in [-0.3, -0.25) is 9.59 Å². The van der Waals surface area contributed by atoms with Crippen LogP contribution in [-0.4, -0.2) is 55.7 Å². The fourth-order valence-corrected chi connectivity index (χ4v) is 2.61. The van der Waals surface area contributed by atoms with Crippen molar-refractivity contribution in [2.75, 3.05) is 26.0 Å². The zero-order chi connectivity index (χ0) is 14.2. The SMILES string of the molecule is C=CCN(CC(=O)O)S(=O)(=O)CCCC(=O)OC. The molecule has 0 aromatic carbocycles. The number of hydrogen-bond acceptors (Lipinski definition) is 5. The Morgan fingerprint density at radius 1 is 1.44 bits per heavy atom. The van der Waals surface area contributed by atoms with Gasteiger partial charge in [0.1, 0.15) is 6.54 Å². The molecule has 0 amide bonds. The highest BCUT2D eigenvalue weighted by Gasteiger charge is 2.23. The van der Waals surface area contributed by atoms with Crippen LogP contribution >= 0.6 is 0 Å². The van der Waals surface area contributed by atoms with Crippen LogP contribution in [0.15, 0.2) is 12.7 Å². The second-order valence-corrected chi connectivity index (χ2v) is 5.56. The van der Waals surface area contributed by atoms with Crippen molar-refractivity contribution in [2.45, 2.75) is 12.8 Å². The Hall–Kier alpha value is -1.41. The van der Waals surface area contributed by atoms with E-state index >= 15 is 0 Å². The van der Waals surface area contributed by atoms with Gasteiger partial charge in [-0.25, -0.2) is 8.42 Å². The lowest BCUT2D eigenvalue weighted by Crippen LogP contribution is -2.37. The molecular weight excluding hydrogens is 262 g/mol. The van der Waals surface area contributed by atoms with Crippen LogP contribution in [0.5, 0.6) is 0 Å². The Balaban J connectivity index is 4.50. The molecule has 0 saturated carbocycles. The second-order valence-electron chi connectivity index (χ2n) is 3.47. The van der Waals surface area contributed by atoms with E-state index in [0.717, 1.165) is 4.31 Å². The van der Waals surface area contributed by atoms with Gasteiger partial charge in [0.15, 0.2) is 0 Å². The van der Waals surface area contributed by atoms with Crippen molar-refractivity contribution in [2.24, 2.45) is 0 Å². The molecule has 0 spiro atoms. The third-order valence-corrected chi connectivity index (χ3v) is 3.92. The summed E-state index contributed by atoms with van der Waals surface area (Å²) in [6, 6.07) is 0. The molecule has 0 atom stereocenters. The first-order chi connectivity index (χ1) is 8.33. The smallest absolute Gasteiger partial charge is 0.318 e. The van der Waals surface area contributed by atoms with Crippen LogP contribution in [0.2, 0.25) is 0 Å². The number of aliphatic carboxylic acids is 1. The average Bonchev–Trinajstić information content (AvgIpc) is 2.27. The first-order valence-corrected chi connectivity index (χ1v) is 6.81. The Morgan fingerprint density at radius 3 is 2.50 bits per heavy atom. The highest BCUT2D eigenvalue weighted by Crippen LogP contribution is 2.05. The molecule has 0 aliphatic heterocycles. The van der Waals surface area contributed by atoms with Gasteiger partial charge in [0, 0.05) is 13.0 Å². The van der Waals surface area contributed by atoms with Crippen LogP contribution in [0, 0.1) is 0 Å². The van der Waals surface area contributed by atoms with E-state index in [2.05, 4.69) is 11.3 Å². The van der Waals surface area contributed by atoms with Crippen molar-refractivity contribution in [3.8, 4) is 0 Å². The van der Waals surface area contributed by atoms with Gasteiger partial charge in [-0.15, -0.1) is 6.58 Å². The maximum atomic E-state index is 11.8. The molecule has 0 aromatic heterocycles. The first kappa shape index (κ1) is 16.6. The largest absolute Gasteiger partial charge is 0.480 e. The molecule has 7 nitrogen and oxygen atoms in total. The number of carbonyl (C=O) groups is 2. The van der Waals surface area contributed by atoms with E-state index < -0.39 is 28.5 Å². The number of carboxylic acids is 1. The van der Waals surface area contributed by atoms with Crippen LogP contribution < -0.4 is 0 Å². The molecule has 0 bridgehead atoms. The number of sulfonamides is 1. The highest BCUT2D eigenvalue weighted by atomic mass is 32.2. The lowest BCUT2D eigenvalue weighted by Gasteiger charge is -2.18. The summed E-state index contributed by atoms with van der Waals surface area (Å²) in [5, 5.41) is 8.61. The molecule has 0 radical (unpaired) electrons. The van der Waals surface area contributed by atoms with Crippen LogP contribution in [0.1, 0.15) is 12.8 Å². The molecule has 0 heterocycles. The molecule has 0 aliphatic rings. The number of methoxy groups -OCH3 is 1. The van der Waals surface area contributed by atoms with Gasteiger partial charge >= 0.3 is 11.9 Å². The summed E-state index contributed by atoms with van der Waals surface area (Å²) < 4.78 is 28.8. The van der Waals surface area contributed by atoms with E-state index in [9.17, 15) is 18.0 Å². The van der Waals surface area contributed by atoms with Crippen LogP contribution in [0.4, 0.5) is 0 Å². The summed E-state index contributed by atoms with van der Waals surface area (Å²) in [5.41, 5.74) is 0. The summed E-state index contributed by atoms with van der Waals surface area (Å²) >= 11 is 0. The van der Waals surface area contributed by atoms with Crippen molar-refractivity contribution in [1.29, 1.82) is 0 Å². The molecule has 0 saturated heterocycles. The zero-order valence-electron chi connectivity index (χ0n) is 10.2. The van der Waals surface area contributed by atoms with Crippen molar-refractivity contribution in [3.05, 3.63) is 12.7 Å². The van der Waals surface area contributed by atoms with Crippen LogP contribution in [-0.2, 0) is 24.3 Å². The summed E-state index contributed by atoms with van der Waals surface area (Å²) in [6.45, 7) is 2.67. The van der Waals surface area contributed by atoms with Gasteiger partial charge in [-0.05, 0) is 6.42 Å². The molecule has 0 aromatic rings. The molecule has 0 aliphatic carbocycles. The predicted molar refractivity (Wildman–Crippen MR) is 64.4 cm³/mol. The topological polar surface area (TPSA) is 101 Å². The second kappa shape index (κ2) is 7.83. The Bertz CT molecular complexity index is 403. The van der Waals surface area contributed by atoms with Crippen LogP contribution in [0.25, 0.3) is 0 Å². The number of carbonyl (C=O) groups excluding carboxylic acids is 1. The first-order valence-electron chi connectivity index (χ1n) is 5.20. The van der Waals surface area contributed by atoms with Gasteiger partial charge in [-0.2, -0.15) is 4.31 Å². The fraction of sp³-hybridized carbons (Fsp3) is 0.600. The summed E-state index contributed by atoms with van der Waals surface area (Å²) in [5.74, 6) is -2.05. The normalized spacial score (nSPS) is 11.2. The van der Waals surface area contributed by atoms with Gasteiger partial charge in [0.2, 0.25) is 10.0 Å². The maximum Gasteiger partial charge on any atom is 0.318 e. The van der Waals surface area contributed by atoms with Crippen molar-refractivity contribution >= 4 is 22.0 Å². The molecule has 104 valence electrons. The van der Waals surface area contributed by atoms with Gasteiger partial charge in [0.25, 0.3) is 0 Å². The third-order valence-electron chi connectivity index (χ3n) is 2.05. The Morgan fingerprint density at radius 2 is 2.06 bits per heavy atom.